The summed E-state index contributed by atoms with van der Waals surface area (Å²) in [5.74, 6) is 0.742. The van der Waals surface area contributed by atoms with Crippen molar-refractivity contribution in [2.24, 2.45) is 16.7 Å². The molecule has 4 atom stereocenters. The van der Waals surface area contributed by atoms with Crippen molar-refractivity contribution in [3.8, 4) is 6.07 Å². The molecule has 0 N–H and O–H groups in total. The summed E-state index contributed by atoms with van der Waals surface area (Å²) in [5, 5.41) is 9.27. The minimum atomic E-state index is -0.426. The van der Waals surface area contributed by atoms with Crippen LogP contribution in [-0.2, 0) is 4.74 Å². The Morgan fingerprint density at radius 1 is 1.46 bits per heavy atom. The Morgan fingerprint density at radius 3 is 2.69 bits per heavy atom. The highest BCUT2D eigenvalue weighted by atomic mass is 16.5. The number of hydrogen-bond acceptors (Lipinski definition) is 2. The van der Waals surface area contributed by atoms with Crippen LogP contribution >= 0.6 is 0 Å². The zero-order valence-corrected chi connectivity index (χ0v) is 8.26. The van der Waals surface area contributed by atoms with Gasteiger partial charge in [-0.3, -0.25) is 0 Å². The summed E-state index contributed by atoms with van der Waals surface area (Å²) in [4.78, 5) is 0. The summed E-state index contributed by atoms with van der Waals surface area (Å²) >= 11 is 0. The Kier molecular flexibility index (Phi) is 1.07. The lowest BCUT2D eigenvalue weighted by atomic mass is 9.67. The molecule has 4 bridgehead atoms. The van der Waals surface area contributed by atoms with Gasteiger partial charge in [0.25, 0.3) is 0 Å². The molecular formula is C11H15NO. The van der Waals surface area contributed by atoms with E-state index in [1.807, 2.05) is 0 Å². The second-order valence-electron chi connectivity index (χ2n) is 5.42. The van der Waals surface area contributed by atoms with Gasteiger partial charge in [-0.25, -0.2) is 0 Å². The Morgan fingerprint density at radius 2 is 2.23 bits per heavy atom. The zero-order valence-electron chi connectivity index (χ0n) is 8.26. The Labute approximate surface area is 78.9 Å². The van der Waals surface area contributed by atoms with Gasteiger partial charge in [0.05, 0.1) is 12.7 Å². The number of rotatable bonds is 0. The molecule has 0 aromatic rings. The smallest absolute Gasteiger partial charge is 0.160 e. The molecule has 70 valence electrons. The minimum absolute atomic E-state index is 0.138. The van der Waals surface area contributed by atoms with Gasteiger partial charge in [0.1, 0.15) is 0 Å². The van der Waals surface area contributed by atoms with Gasteiger partial charge in [-0.1, -0.05) is 13.8 Å². The number of ether oxygens (including phenoxy) is 1. The molecule has 0 radical (unpaired) electrons. The molecule has 1 aliphatic heterocycles. The molecule has 2 nitrogen and oxygen atoms in total. The van der Waals surface area contributed by atoms with E-state index in [4.69, 9.17) is 4.74 Å². The average molecular weight is 177 g/mol. The molecular weight excluding hydrogens is 162 g/mol. The highest BCUT2D eigenvalue weighted by Crippen LogP contribution is 2.74. The summed E-state index contributed by atoms with van der Waals surface area (Å²) < 4.78 is 5.77. The van der Waals surface area contributed by atoms with Crippen molar-refractivity contribution in [3.63, 3.8) is 0 Å². The second-order valence-corrected chi connectivity index (χ2v) is 5.42. The summed E-state index contributed by atoms with van der Waals surface area (Å²) in [6, 6.07) is 2.44. The largest absolute Gasteiger partial charge is 0.359 e. The third-order valence-electron chi connectivity index (χ3n) is 5.38. The predicted molar refractivity (Wildman–Crippen MR) is 47.9 cm³/mol. The van der Waals surface area contributed by atoms with Crippen molar-refractivity contribution in [3.05, 3.63) is 0 Å². The van der Waals surface area contributed by atoms with Crippen molar-refractivity contribution in [1.29, 1.82) is 5.26 Å². The highest BCUT2D eigenvalue weighted by molar-refractivity contribution is 5.30. The molecule has 0 unspecified atom stereocenters. The Bertz CT molecular complexity index is 321. The minimum Gasteiger partial charge on any atom is -0.359 e. The van der Waals surface area contributed by atoms with E-state index in [-0.39, 0.29) is 5.41 Å². The first kappa shape index (κ1) is 7.82. The summed E-state index contributed by atoms with van der Waals surface area (Å²) in [7, 11) is 0. The van der Waals surface area contributed by atoms with Gasteiger partial charge in [-0.15, -0.1) is 0 Å². The van der Waals surface area contributed by atoms with E-state index in [0.717, 1.165) is 18.9 Å². The molecule has 1 heterocycles. The maximum Gasteiger partial charge on any atom is 0.160 e. The molecule has 13 heavy (non-hydrogen) atoms. The van der Waals surface area contributed by atoms with Crippen LogP contribution in [0, 0.1) is 28.1 Å². The fraction of sp³-hybridized carbons (Fsp3) is 0.909. The van der Waals surface area contributed by atoms with E-state index in [1.165, 1.54) is 12.8 Å². The lowest BCUT2D eigenvalue weighted by Gasteiger charge is -2.35. The maximum absolute atomic E-state index is 9.27. The van der Waals surface area contributed by atoms with Gasteiger partial charge in [0.2, 0.25) is 0 Å². The fourth-order valence-corrected chi connectivity index (χ4v) is 4.05. The molecule has 3 fully saturated rings. The molecule has 0 aromatic carbocycles. The average Bonchev–Trinajstić information content (AvgIpc) is 2.58. The third kappa shape index (κ3) is 0.518. The van der Waals surface area contributed by atoms with Gasteiger partial charge < -0.3 is 4.74 Å². The first-order valence-electron chi connectivity index (χ1n) is 5.13. The van der Waals surface area contributed by atoms with Crippen LogP contribution in [0.1, 0.15) is 33.1 Å². The highest BCUT2D eigenvalue weighted by Gasteiger charge is 2.76. The van der Waals surface area contributed by atoms with Crippen LogP contribution in [0.2, 0.25) is 0 Å². The molecule has 1 saturated heterocycles. The maximum atomic E-state index is 9.27. The Hall–Kier alpha value is -0.550. The Balaban J connectivity index is 2.21. The molecule has 0 aromatic heterocycles. The third-order valence-corrected chi connectivity index (χ3v) is 5.38. The SMILES string of the molecule is C[C@@]12CC[C@H]3C[C@]1(C#N)OC[C@]32C. The lowest BCUT2D eigenvalue weighted by molar-refractivity contribution is -0.0414. The van der Waals surface area contributed by atoms with Crippen LogP contribution in [0.5, 0.6) is 0 Å². The molecule has 3 aliphatic rings. The van der Waals surface area contributed by atoms with Gasteiger partial charge in [0.15, 0.2) is 5.60 Å². The lowest BCUT2D eigenvalue weighted by Crippen LogP contribution is -2.41. The van der Waals surface area contributed by atoms with E-state index in [9.17, 15) is 5.26 Å². The quantitative estimate of drug-likeness (QED) is 0.567. The normalized spacial score (nSPS) is 62.7. The second kappa shape index (κ2) is 1.79. The monoisotopic (exact) mass is 177 g/mol. The first-order valence-corrected chi connectivity index (χ1v) is 5.13. The van der Waals surface area contributed by atoms with Crippen LogP contribution in [-0.4, -0.2) is 12.2 Å². The van der Waals surface area contributed by atoms with Crippen LogP contribution in [0.15, 0.2) is 0 Å². The first-order chi connectivity index (χ1) is 6.08. The summed E-state index contributed by atoms with van der Waals surface area (Å²) in [6.45, 7) is 5.38. The van der Waals surface area contributed by atoms with E-state index in [1.54, 1.807) is 0 Å². The van der Waals surface area contributed by atoms with Gasteiger partial charge in [-0.2, -0.15) is 5.26 Å². The molecule has 3 rings (SSSR count). The molecule has 2 heteroatoms. The molecule has 0 spiro atoms. The van der Waals surface area contributed by atoms with Crippen molar-refractivity contribution in [1.82, 2.24) is 0 Å². The molecule has 0 amide bonds. The van der Waals surface area contributed by atoms with Gasteiger partial charge >= 0.3 is 0 Å². The van der Waals surface area contributed by atoms with Crippen LogP contribution in [0.25, 0.3) is 0 Å². The zero-order chi connectivity index (χ0) is 9.32. The van der Waals surface area contributed by atoms with Gasteiger partial charge in [0, 0.05) is 10.8 Å². The number of nitriles is 1. The van der Waals surface area contributed by atoms with E-state index >= 15 is 0 Å². The topological polar surface area (TPSA) is 33.0 Å². The van der Waals surface area contributed by atoms with E-state index in [2.05, 4.69) is 19.9 Å². The van der Waals surface area contributed by atoms with E-state index in [0.29, 0.717) is 5.41 Å². The van der Waals surface area contributed by atoms with Crippen LogP contribution < -0.4 is 0 Å². The van der Waals surface area contributed by atoms with Crippen LogP contribution in [0.4, 0.5) is 0 Å². The predicted octanol–water partition coefficient (Wildman–Crippen LogP) is 2.11. The van der Waals surface area contributed by atoms with Crippen molar-refractivity contribution in [2.45, 2.75) is 38.7 Å². The molecule has 2 saturated carbocycles. The van der Waals surface area contributed by atoms with Crippen LogP contribution in [0.3, 0.4) is 0 Å². The standard InChI is InChI=1S/C11H15NO/c1-9-7-13-11(6-12)5-8(9)3-4-10(9,11)2/h8H,3-5,7H2,1-2H3/t8-,9+,10-,11+/m0/s1. The van der Waals surface area contributed by atoms with Crippen molar-refractivity contribution >= 4 is 0 Å². The van der Waals surface area contributed by atoms with Crippen molar-refractivity contribution < 1.29 is 4.74 Å². The van der Waals surface area contributed by atoms with E-state index < -0.39 is 5.60 Å². The number of nitrogens with zero attached hydrogens (tertiary/aromatic N) is 1. The fourth-order valence-electron chi connectivity index (χ4n) is 4.05. The van der Waals surface area contributed by atoms with Crippen molar-refractivity contribution in [2.75, 3.05) is 6.61 Å². The summed E-state index contributed by atoms with van der Waals surface area (Å²) in [5.41, 5.74) is 0.00676. The van der Waals surface area contributed by atoms with Gasteiger partial charge in [-0.05, 0) is 25.2 Å². The number of hydrogen-bond donors (Lipinski definition) is 0. The summed E-state index contributed by atoms with van der Waals surface area (Å²) in [6.07, 6.45) is 3.47. The molecule has 2 aliphatic carbocycles.